The van der Waals surface area contributed by atoms with Crippen molar-refractivity contribution >= 4 is 11.3 Å². The van der Waals surface area contributed by atoms with Gasteiger partial charge in [0, 0.05) is 34.5 Å². The monoisotopic (exact) mass is 570 g/mol. The molecule has 44 heavy (non-hydrogen) atoms. The summed E-state index contributed by atoms with van der Waals surface area (Å²) in [6.07, 6.45) is 4.25. The zero-order valence-corrected chi connectivity index (χ0v) is 25.1. The predicted octanol–water partition coefficient (Wildman–Crippen LogP) is 9.52. The summed E-state index contributed by atoms with van der Waals surface area (Å²) in [5, 5.41) is 3.48. The quantitative estimate of drug-likeness (QED) is 0.208. The van der Waals surface area contributed by atoms with E-state index in [0.717, 1.165) is 47.2 Å². The smallest absolute Gasteiger partial charge is 0.164 e. The second-order valence-electron chi connectivity index (χ2n) is 11.1. The molecule has 0 saturated heterocycles. The van der Waals surface area contributed by atoms with Gasteiger partial charge in [-0.05, 0) is 64.4 Å². The Bertz CT molecular complexity index is 1910. The average molecular weight is 571 g/mol. The molecule has 7 rings (SSSR count). The van der Waals surface area contributed by atoms with Crippen LogP contribution in [-0.2, 0) is 12.8 Å². The third-order valence-corrected chi connectivity index (χ3v) is 8.32. The van der Waals surface area contributed by atoms with Crippen molar-refractivity contribution in [2.45, 2.75) is 26.7 Å². The van der Waals surface area contributed by atoms with E-state index >= 15 is 0 Å². The van der Waals surface area contributed by atoms with Crippen molar-refractivity contribution in [3.63, 3.8) is 0 Å². The highest BCUT2D eigenvalue weighted by Crippen LogP contribution is 2.35. The number of hydrogen-bond donors (Lipinski definition) is 1. The van der Waals surface area contributed by atoms with Crippen molar-refractivity contribution in [2.75, 3.05) is 11.9 Å². The van der Waals surface area contributed by atoms with Crippen molar-refractivity contribution in [1.29, 1.82) is 0 Å². The van der Waals surface area contributed by atoms with E-state index in [2.05, 4.69) is 147 Å². The van der Waals surface area contributed by atoms with Crippen LogP contribution in [0.5, 0.6) is 0 Å². The van der Waals surface area contributed by atoms with Crippen LogP contribution in [0.2, 0.25) is 0 Å². The van der Waals surface area contributed by atoms with Crippen molar-refractivity contribution in [3.8, 4) is 45.3 Å². The number of rotatable bonds is 7. The first-order valence-electron chi connectivity index (χ1n) is 15.4. The van der Waals surface area contributed by atoms with Crippen LogP contribution in [0.25, 0.3) is 50.9 Å². The molecule has 0 fully saturated rings. The van der Waals surface area contributed by atoms with Gasteiger partial charge in [0.15, 0.2) is 17.5 Å². The number of nitrogens with zero attached hydrogens (tertiary/aromatic N) is 3. The lowest BCUT2D eigenvalue weighted by molar-refractivity contribution is 1.07. The van der Waals surface area contributed by atoms with Gasteiger partial charge in [-0.3, -0.25) is 0 Å². The number of anilines is 1. The number of fused-ring (bicyclic) bond motifs is 1. The Morgan fingerprint density at radius 3 is 1.59 bits per heavy atom. The molecule has 0 saturated carbocycles. The Morgan fingerprint density at radius 1 is 0.500 bits per heavy atom. The molecule has 2 heterocycles. The van der Waals surface area contributed by atoms with Gasteiger partial charge in [-0.25, -0.2) is 15.0 Å². The standard InChI is InChI=1S/C40H34N4/c1-3-27-15-19-29(20-16-27)38-42-39(30-21-17-28(4-2)18-22-30)44-40(43-38)34-12-8-10-32(26-34)31-9-7-11-33(25-31)35-23-24-41-37-14-6-5-13-36(35)37/h5-23,25-26,41H,3-4,24H2,1-2H3. The minimum absolute atomic E-state index is 0.664. The van der Waals surface area contributed by atoms with Crippen LogP contribution in [-0.4, -0.2) is 21.5 Å². The Balaban J connectivity index is 1.29. The first-order chi connectivity index (χ1) is 21.7. The molecular weight excluding hydrogens is 536 g/mol. The summed E-state index contributed by atoms with van der Waals surface area (Å²) in [5.74, 6) is 2.02. The van der Waals surface area contributed by atoms with Gasteiger partial charge in [0.25, 0.3) is 0 Å². The molecule has 0 radical (unpaired) electrons. The van der Waals surface area contributed by atoms with Gasteiger partial charge in [0.05, 0.1) is 0 Å². The lowest BCUT2D eigenvalue weighted by Gasteiger charge is -2.20. The van der Waals surface area contributed by atoms with Crippen molar-refractivity contribution in [1.82, 2.24) is 15.0 Å². The summed E-state index contributed by atoms with van der Waals surface area (Å²) in [6.45, 7) is 5.15. The van der Waals surface area contributed by atoms with Gasteiger partial charge in [0.1, 0.15) is 0 Å². The van der Waals surface area contributed by atoms with E-state index in [1.165, 1.54) is 33.5 Å². The van der Waals surface area contributed by atoms with Gasteiger partial charge in [-0.1, -0.05) is 123 Å². The molecule has 1 aromatic heterocycles. The number of hydrogen-bond acceptors (Lipinski definition) is 4. The normalized spacial score (nSPS) is 12.3. The third kappa shape index (κ3) is 5.55. The molecule has 1 aliphatic heterocycles. The first kappa shape index (κ1) is 27.5. The largest absolute Gasteiger partial charge is 0.381 e. The minimum atomic E-state index is 0.664. The van der Waals surface area contributed by atoms with Crippen LogP contribution in [0.3, 0.4) is 0 Å². The number of benzene rings is 5. The van der Waals surface area contributed by atoms with Gasteiger partial charge in [0.2, 0.25) is 0 Å². The zero-order chi connectivity index (χ0) is 29.9. The minimum Gasteiger partial charge on any atom is -0.381 e. The summed E-state index contributed by atoms with van der Waals surface area (Å²) >= 11 is 0. The van der Waals surface area contributed by atoms with E-state index in [1.54, 1.807) is 0 Å². The zero-order valence-electron chi connectivity index (χ0n) is 25.1. The highest BCUT2D eigenvalue weighted by atomic mass is 15.0. The highest BCUT2D eigenvalue weighted by molar-refractivity contribution is 5.89. The fourth-order valence-electron chi connectivity index (χ4n) is 5.76. The molecule has 0 amide bonds. The van der Waals surface area contributed by atoms with E-state index in [1.807, 2.05) is 0 Å². The molecule has 1 N–H and O–H groups in total. The van der Waals surface area contributed by atoms with Crippen LogP contribution in [0.1, 0.15) is 36.1 Å². The number of para-hydroxylation sites is 1. The summed E-state index contributed by atoms with van der Waals surface area (Å²) < 4.78 is 0. The molecule has 0 aliphatic carbocycles. The Kier molecular flexibility index (Phi) is 7.56. The Labute approximate surface area is 259 Å². The molecule has 4 heteroatoms. The SMILES string of the molecule is CCc1ccc(-c2nc(-c3ccc(CC)cc3)nc(-c3cccc(-c4cccc(C5=CCNc6ccccc65)c4)c3)n2)cc1. The van der Waals surface area contributed by atoms with Gasteiger partial charge in [-0.15, -0.1) is 0 Å². The molecule has 0 bridgehead atoms. The summed E-state index contributed by atoms with van der Waals surface area (Å²) in [4.78, 5) is 14.9. The average Bonchev–Trinajstić information content (AvgIpc) is 3.11. The van der Waals surface area contributed by atoms with Crippen LogP contribution in [0.15, 0.2) is 127 Å². The Hall–Kier alpha value is -5.35. The second kappa shape index (κ2) is 12.1. The molecule has 4 nitrogen and oxygen atoms in total. The van der Waals surface area contributed by atoms with Crippen molar-refractivity contribution in [2.24, 2.45) is 0 Å². The molecular formula is C40H34N4. The van der Waals surface area contributed by atoms with Crippen LogP contribution in [0, 0.1) is 0 Å². The van der Waals surface area contributed by atoms with Crippen LogP contribution < -0.4 is 5.32 Å². The third-order valence-electron chi connectivity index (χ3n) is 8.32. The molecule has 1 aliphatic rings. The van der Waals surface area contributed by atoms with Crippen LogP contribution in [0.4, 0.5) is 5.69 Å². The topological polar surface area (TPSA) is 50.7 Å². The molecule has 0 atom stereocenters. The maximum atomic E-state index is 5.00. The van der Waals surface area contributed by atoms with E-state index < -0.39 is 0 Å². The highest BCUT2D eigenvalue weighted by Gasteiger charge is 2.16. The Morgan fingerprint density at radius 2 is 1.00 bits per heavy atom. The summed E-state index contributed by atoms with van der Waals surface area (Å²) in [6, 6.07) is 42.8. The summed E-state index contributed by atoms with van der Waals surface area (Å²) in [5.41, 5.74) is 12.6. The van der Waals surface area contributed by atoms with Crippen LogP contribution >= 0.6 is 0 Å². The lowest BCUT2D eigenvalue weighted by Crippen LogP contribution is -2.08. The lowest BCUT2D eigenvalue weighted by atomic mass is 9.91. The second-order valence-corrected chi connectivity index (χ2v) is 11.1. The van der Waals surface area contributed by atoms with E-state index in [0.29, 0.717) is 17.5 Å². The van der Waals surface area contributed by atoms with Gasteiger partial charge in [-0.2, -0.15) is 0 Å². The molecule has 5 aromatic carbocycles. The van der Waals surface area contributed by atoms with E-state index in [9.17, 15) is 0 Å². The van der Waals surface area contributed by atoms with Gasteiger partial charge < -0.3 is 5.32 Å². The maximum absolute atomic E-state index is 5.00. The molecule has 6 aromatic rings. The molecule has 0 unspecified atom stereocenters. The maximum Gasteiger partial charge on any atom is 0.164 e. The van der Waals surface area contributed by atoms with E-state index in [-0.39, 0.29) is 0 Å². The molecule has 214 valence electrons. The van der Waals surface area contributed by atoms with Crippen molar-refractivity contribution in [3.05, 3.63) is 150 Å². The number of nitrogens with one attached hydrogen (secondary N) is 1. The first-order valence-corrected chi connectivity index (χ1v) is 15.4. The predicted molar refractivity (Wildman–Crippen MR) is 182 cm³/mol. The summed E-state index contributed by atoms with van der Waals surface area (Å²) in [7, 11) is 0. The fourth-order valence-corrected chi connectivity index (χ4v) is 5.76. The van der Waals surface area contributed by atoms with E-state index in [4.69, 9.17) is 15.0 Å². The fraction of sp³-hybridized carbons (Fsp3) is 0.125. The molecule has 0 spiro atoms. The van der Waals surface area contributed by atoms with Crippen molar-refractivity contribution < 1.29 is 0 Å². The van der Waals surface area contributed by atoms with Gasteiger partial charge >= 0.3 is 0 Å². The number of aryl methyl sites for hydroxylation is 2. The number of aromatic nitrogens is 3.